The third kappa shape index (κ3) is 4.72. The Hall–Kier alpha value is -2.05. The van der Waals surface area contributed by atoms with E-state index in [-0.39, 0.29) is 18.4 Å². The van der Waals surface area contributed by atoms with Crippen molar-refractivity contribution in [2.75, 3.05) is 24.5 Å². The van der Waals surface area contributed by atoms with Crippen LogP contribution in [0, 0.1) is 0 Å². The number of amides is 2. The molecule has 0 bridgehead atoms. The molecule has 0 aliphatic carbocycles. The zero-order valence-electron chi connectivity index (χ0n) is 13.6. The lowest BCUT2D eigenvalue weighted by atomic mass is 10.2. The predicted molar refractivity (Wildman–Crippen MR) is 84.5 cm³/mol. The zero-order chi connectivity index (χ0) is 17.7. The molecule has 132 valence electrons. The van der Waals surface area contributed by atoms with E-state index in [1.54, 1.807) is 4.90 Å². The second-order valence-corrected chi connectivity index (χ2v) is 5.94. The fourth-order valence-electron chi connectivity index (χ4n) is 2.77. The average Bonchev–Trinajstić information content (AvgIpc) is 2.80. The van der Waals surface area contributed by atoms with Gasteiger partial charge in [0.05, 0.1) is 5.56 Å². The van der Waals surface area contributed by atoms with Gasteiger partial charge in [-0.25, -0.2) is 0 Å². The van der Waals surface area contributed by atoms with Crippen LogP contribution in [0.3, 0.4) is 0 Å². The Morgan fingerprint density at radius 1 is 1.04 bits per heavy atom. The summed E-state index contributed by atoms with van der Waals surface area (Å²) in [5.41, 5.74) is -0.493. The molecule has 0 N–H and O–H groups in total. The van der Waals surface area contributed by atoms with E-state index in [1.165, 1.54) is 24.0 Å². The van der Waals surface area contributed by atoms with Crippen molar-refractivity contribution < 1.29 is 22.8 Å². The van der Waals surface area contributed by atoms with Crippen LogP contribution in [0.25, 0.3) is 0 Å². The smallest absolute Gasteiger partial charge is 0.341 e. The molecule has 7 heteroatoms. The molecule has 0 aromatic heterocycles. The van der Waals surface area contributed by atoms with Crippen molar-refractivity contribution in [2.45, 2.75) is 38.8 Å². The van der Waals surface area contributed by atoms with Crippen molar-refractivity contribution >= 4 is 17.5 Å². The summed E-state index contributed by atoms with van der Waals surface area (Å²) >= 11 is 0. The Bertz CT molecular complexity index is 576. The first-order valence-corrected chi connectivity index (χ1v) is 8.02. The maximum Gasteiger partial charge on any atom is 0.416 e. The number of nitrogens with zero attached hydrogens (tertiary/aromatic N) is 2. The highest BCUT2D eigenvalue weighted by Gasteiger charge is 2.30. The third-order valence-corrected chi connectivity index (χ3v) is 4.14. The van der Waals surface area contributed by atoms with Crippen LogP contribution in [0.2, 0.25) is 0 Å². The molecule has 1 aliphatic rings. The van der Waals surface area contributed by atoms with E-state index in [0.29, 0.717) is 18.8 Å². The second kappa shape index (κ2) is 7.68. The zero-order valence-corrected chi connectivity index (χ0v) is 13.6. The van der Waals surface area contributed by atoms with Gasteiger partial charge in [0.25, 0.3) is 0 Å². The molecule has 0 spiro atoms. The number of anilines is 1. The lowest BCUT2D eigenvalue weighted by Crippen LogP contribution is -2.42. The summed E-state index contributed by atoms with van der Waals surface area (Å²) in [4.78, 5) is 27.2. The molecular weight excluding hydrogens is 321 g/mol. The van der Waals surface area contributed by atoms with E-state index in [2.05, 4.69) is 0 Å². The van der Waals surface area contributed by atoms with Gasteiger partial charge in [-0.1, -0.05) is 12.8 Å². The number of hydrogen-bond donors (Lipinski definition) is 0. The van der Waals surface area contributed by atoms with Crippen LogP contribution < -0.4 is 4.90 Å². The Kier molecular flexibility index (Phi) is 5.85. The molecule has 0 radical (unpaired) electrons. The normalized spacial score (nSPS) is 15.8. The summed E-state index contributed by atoms with van der Waals surface area (Å²) < 4.78 is 37.9. The molecule has 0 unspecified atom stereocenters. The molecule has 2 amide bonds. The van der Waals surface area contributed by atoms with Crippen molar-refractivity contribution in [3.63, 3.8) is 0 Å². The Morgan fingerprint density at radius 3 is 2.04 bits per heavy atom. The fraction of sp³-hybridized carbons (Fsp3) is 0.529. The van der Waals surface area contributed by atoms with Gasteiger partial charge in [-0.2, -0.15) is 13.2 Å². The number of likely N-dealkylation sites (tertiary alicyclic amines) is 1. The van der Waals surface area contributed by atoms with Crippen LogP contribution in [0.1, 0.15) is 38.2 Å². The highest BCUT2D eigenvalue weighted by atomic mass is 19.4. The van der Waals surface area contributed by atoms with E-state index in [9.17, 15) is 22.8 Å². The van der Waals surface area contributed by atoms with Crippen molar-refractivity contribution in [3.05, 3.63) is 29.8 Å². The highest BCUT2D eigenvalue weighted by Crippen LogP contribution is 2.30. The standard InChI is InChI=1S/C17H21F3N2O2/c1-13(23)22(12-16(24)21-10-4-2-3-5-11-21)15-8-6-14(7-9-15)17(18,19)20/h6-9H,2-5,10-12H2,1H3. The van der Waals surface area contributed by atoms with E-state index in [0.717, 1.165) is 37.8 Å². The monoisotopic (exact) mass is 342 g/mol. The quantitative estimate of drug-likeness (QED) is 0.844. The topological polar surface area (TPSA) is 40.6 Å². The number of halogens is 3. The van der Waals surface area contributed by atoms with Gasteiger partial charge in [-0.3, -0.25) is 9.59 Å². The molecule has 1 aromatic carbocycles. The summed E-state index contributed by atoms with van der Waals surface area (Å²) in [6.45, 7) is 2.48. The van der Waals surface area contributed by atoms with E-state index in [1.807, 2.05) is 0 Å². The van der Waals surface area contributed by atoms with Gasteiger partial charge in [0, 0.05) is 25.7 Å². The molecule has 1 fully saturated rings. The molecule has 1 aliphatic heterocycles. The maximum absolute atomic E-state index is 12.6. The summed E-state index contributed by atoms with van der Waals surface area (Å²) in [6.07, 6.45) is -0.391. The van der Waals surface area contributed by atoms with E-state index in [4.69, 9.17) is 0 Å². The summed E-state index contributed by atoms with van der Waals surface area (Å²) in [5.74, 6) is -0.551. The average molecular weight is 342 g/mol. The number of alkyl halides is 3. The molecular formula is C17H21F3N2O2. The summed E-state index contributed by atoms with van der Waals surface area (Å²) in [5, 5.41) is 0. The van der Waals surface area contributed by atoms with Crippen LogP contribution in [-0.4, -0.2) is 36.3 Å². The van der Waals surface area contributed by atoms with Gasteiger partial charge in [-0.05, 0) is 37.1 Å². The Labute approximate surface area is 139 Å². The van der Waals surface area contributed by atoms with Gasteiger partial charge in [0.1, 0.15) is 6.54 Å². The largest absolute Gasteiger partial charge is 0.416 e. The Morgan fingerprint density at radius 2 is 1.58 bits per heavy atom. The van der Waals surface area contributed by atoms with Crippen molar-refractivity contribution in [2.24, 2.45) is 0 Å². The number of carbonyl (C=O) groups is 2. The lowest BCUT2D eigenvalue weighted by Gasteiger charge is -2.26. The first kappa shape index (κ1) is 18.3. The van der Waals surface area contributed by atoms with Crippen LogP contribution in [0.15, 0.2) is 24.3 Å². The minimum atomic E-state index is -4.43. The minimum Gasteiger partial charge on any atom is -0.341 e. The van der Waals surface area contributed by atoms with E-state index >= 15 is 0 Å². The number of benzene rings is 1. The first-order chi connectivity index (χ1) is 11.3. The van der Waals surface area contributed by atoms with Crippen molar-refractivity contribution in [1.29, 1.82) is 0 Å². The van der Waals surface area contributed by atoms with Crippen LogP contribution in [-0.2, 0) is 15.8 Å². The van der Waals surface area contributed by atoms with E-state index < -0.39 is 11.7 Å². The summed E-state index contributed by atoms with van der Waals surface area (Å²) in [7, 11) is 0. The van der Waals surface area contributed by atoms with Gasteiger partial charge >= 0.3 is 6.18 Å². The van der Waals surface area contributed by atoms with Gasteiger partial charge in [-0.15, -0.1) is 0 Å². The highest BCUT2D eigenvalue weighted by molar-refractivity contribution is 5.97. The number of hydrogen-bond acceptors (Lipinski definition) is 2. The van der Waals surface area contributed by atoms with Gasteiger partial charge < -0.3 is 9.80 Å². The van der Waals surface area contributed by atoms with Gasteiger partial charge in [0.2, 0.25) is 11.8 Å². The second-order valence-electron chi connectivity index (χ2n) is 5.94. The third-order valence-electron chi connectivity index (χ3n) is 4.14. The molecule has 24 heavy (non-hydrogen) atoms. The maximum atomic E-state index is 12.6. The van der Waals surface area contributed by atoms with Crippen molar-refractivity contribution in [3.8, 4) is 0 Å². The fourth-order valence-corrected chi connectivity index (χ4v) is 2.77. The molecule has 1 heterocycles. The number of carbonyl (C=O) groups excluding carboxylic acids is 2. The molecule has 0 atom stereocenters. The number of rotatable bonds is 3. The minimum absolute atomic E-state index is 0.152. The summed E-state index contributed by atoms with van der Waals surface area (Å²) in [6, 6.07) is 4.28. The predicted octanol–water partition coefficient (Wildman–Crippen LogP) is 3.46. The molecule has 2 rings (SSSR count). The first-order valence-electron chi connectivity index (χ1n) is 8.02. The lowest BCUT2D eigenvalue weighted by molar-refractivity contribution is -0.137. The van der Waals surface area contributed by atoms with Crippen LogP contribution in [0.5, 0.6) is 0 Å². The van der Waals surface area contributed by atoms with Crippen molar-refractivity contribution in [1.82, 2.24) is 4.90 Å². The Balaban J connectivity index is 2.11. The van der Waals surface area contributed by atoms with Crippen LogP contribution in [0.4, 0.5) is 18.9 Å². The molecule has 1 aromatic rings. The SMILES string of the molecule is CC(=O)N(CC(=O)N1CCCCCC1)c1ccc(C(F)(F)F)cc1. The van der Waals surface area contributed by atoms with Gasteiger partial charge in [0.15, 0.2) is 0 Å². The molecule has 0 saturated carbocycles. The molecule has 1 saturated heterocycles. The van der Waals surface area contributed by atoms with Crippen LogP contribution >= 0.6 is 0 Å². The molecule has 4 nitrogen and oxygen atoms in total.